The minimum absolute atomic E-state index is 0.587. The molecule has 0 N–H and O–H groups in total. The molecule has 0 radical (unpaired) electrons. The van der Waals surface area contributed by atoms with E-state index in [0.717, 1.165) is 4.90 Å². The molecule has 3 heteroatoms. The third-order valence-corrected chi connectivity index (χ3v) is 3.20. The van der Waals surface area contributed by atoms with Crippen molar-refractivity contribution in [3.63, 3.8) is 0 Å². The molecule has 74 valence electrons. The lowest BCUT2D eigenvalue weighted by Crippen LogP contribution is -1.88. The van der Waals surface area contributed by atoms with E-state index in [9.17, 15) is 4.21 Å². The maximum atomic E-state index is 11.6. The molecule has 1 fully saturated rings. The van der Waals surface area contributed by atoms with Crippen LogP contribution in [0.3, 0.4) is 0 Å². The van der Waals surface area contributed by atoms with Crippen molar-refractivity contribution in [2.45, 2.75) is 24.7 Å². The van der Waals surface area contributed by atoms with E-state index in [1.807, 2.05) is 37.4 Å². The summed E-state index contributed by atoms with van der Waals surface area (Å²) in [5, 5.41) is 0. The SMILES string of the molecule is Cc1ccc([S@](=O)/N=C/C2CC2)cc1. The van der Waals surface area contributed by atoms with Crippen molar-refractivity contribution in [1.82, 2.24) is 0 Å². The van der Waals surface area contributed by atoms with Gasteiger partial charge < -0.3 is 0 Å². The molecule has 14 heavy (non-hydrogen) atoms. The lowest BCUT2D eigenvalue weighted by molar-refractivity contribution is 0.684. The molecule has 0 bridgehead atoms. The summed E-state index contributed by atoms with van der Waals surface area (Å²) in [5.41, 5.74) is 1.18. The highest BCUT2D eigenvalue weighted by Gasteiger charge is 2.18. The Balaban J connectivity index is 2.06. The first-order valence-electron chi connectivity index (χ1n) is 4.78. The number of nitrogens with zero attached hydrogens (tertiary/aromatic N) is 1. The van der Waals surface area contributed by atoms with Gasteiger partial charge in [-0.1, -0.05) is 17.7 Å². The molecule has 1 saturated carbocycles. The van der Waals surface area contributed by atoms with Gasteiger partial charge in [0.15, 0.2) is 11.0 Å². The zero-order chi connectivity index (χ0) is 9.97. The molecule has 1 aliphatic carbocycles. The average Bonchev–Trinajstić information content (AvgIpc) is 2.99. The van der Waals surface area contributed by atoms with Crippen LogP contribution >= 0.6 is 0 Å². The molecule has 0 saturated heterocycles. The highest BCUT2D eigenvalue weighted by atomic mass is 32.2. The molecule has 0 unspecified atom stereocenters. The summed E-state index contributed by atoms with van der Waals surface area (Å²) in [7, 11) is -1.20. The molecule has 2 nitrogen and oxygen atoms in total. The Morgan fingerprint density at radius 1 is 1.36 bits per heavy atom. The Bertz CT molecular complexity index is 365. The van der Waals surface area contributed by atoms with Gasteiger partial charge in [-0.25, -0.2) is 4.21 Å². The second-order valence-corrected chi connectivity index (χ2v) is 4.83. The first-order valence-corrected chi connectivity index (χ1v) is 5.89. The second kappa shape index (κ2) is 4.05. The monoisotopic (exact) mass is 207 g/mol. The Labute approximate surface area is 86.7 Å². The number of hydrogen-bond donors (Lipinski definition) is 0. The zero-order valence-electron chi connectivity index (χ0n) is 8.14. The van der Waals surface area contributed by atoms with E-state index in [2.05, 4.69) is 4.40 Å². The van der Waals surface area contributed by atoms with Gasteiger partial charge >= 0.3 is 0 Å². The van der Waals surface area contributed by atoms with Gasteiger partial charge in [0.2, 0.25) is 0 Å². The number of rotatable bonds is 3. The summed E-state index contributed by atoms with van der Waals surface area (Å²) in [6, 6.07) is 7.66. The second-order valence-electron chi connectivity index (χ2n) is 3.65. The molecular weight excluding hydrogens is 194 g/mol. The molecule has 1 aliphatic rings. The minimum Gasteiger partial charge on any atom is -0.230 e. The summed E-state index contributed by atoms with van der Waals surface area (Å²) in [4.78, 5) is 0.785. The summed E-state index contributed by atoms with van der Waals surface area (Å²) >= 11 is 0. The quantitative estimate of drug-likeness (QED) is 0.700. The van der Waals surface area contributed by atoms with Gasteiger partial charge in [0.25, 0.3) is 0 Å². The Morgan fingerprint density at radius 2 is 2.00 bits per heavy atom. The summed E-state index contributed by atoms with van der Waals surface area (Å²) in [6.45, 7) is 2.01. The Kier molecular flexibility index (Phi) is 2.77. The third-order valence-electron chi connectivity index (χ3n) is 2.21. The minimum atomic E-state index is -1.20. The van der Waals surface area contributed by atoms with Crippen molar-refractivity contribution in [1.29, 1.82) is 0 Å². The lowest BCUT2D eigenvalue weighted by Gasteiger charge is -1.96. The standard InChI is InChI=1S/C11H13NOS/c1-9-2-6-11(7-3-9)14(13)12-8-10-4-5-10/h2-3,6-8,10H,4-5H2,1H3/b12-8+/t14-/m0/s1. The molecular formula is C11H13NOS. The van der Waals surface area contributed by atoms with Crippen molar-refractivity contribution in [3.8, 4) is 0 Å². The van der Waals surface area contributed by atoms with Crippen LogP contribution in [0.1, 0.15) is 18.4 Å². The van der Waals surface area contributed by atoms with Crippen LogP contribution < -0.4 is 0 Å². The molecule has 0 aromatic heterocycles. The Hall–Kier alpha value is -0.960. The predicted octanol–water partition coefficient (Wildman–Crippen LogP) is 2.50. The number of benzene rings is 1. The van der Waals surface area contributed by atoms with Crippen LogP contribution in [0.2, 0.25) is 0 Å². The van der Waals surface area contributed by atoms with Gasteiger partial charge in [-0.05, 0) is 37.8 Å². The first kappa shape index (κ1) is 9.59. The van der Waals surface area contributed by atoms with Gasteiger partial charge in [-0.3, -0.25) is 0 Å². The van der Waals surface area contributed by atoms with E-state index < -0.39 is 11.0 Å². The van der Waals surface area contributed by atoms with Crippen LogP contribution in [0.4, 0.5) is 0 Å². The fraction of sp³-hybridized carbons (Fsp3) is 0.364. The van der Waals surface area contributed by atoms with Crippen molar-refractivity contribution in [2.24, 2.45) is 10.3 Å². The molecule has 0 amide bonds. The first-order chi connectivity index (χ1) is 6.75. The fourth-order valence-corrected chi connectivity index (χ4v) is 1.88. The molecule has 2 rings (SSSR count). The fourth-order valence-electron chi connectivity index (χ4n) is 1.10. The van der Waals surface area contributed by atoms with Gasteiger partial charge in [0.05, 0.1) is 4.90 Å². The lowest BCUT2D eigenvalue weighted by atomic mass is 10.2. The Morgan fingerprint density at radius 3 is 2.57 bits per heavy atom. The van der Waals surface area contributed by atoms with Gasteiger partial charge in [0.1, 0.15) is 0 Å². The molecule has 1 aromatic rings. The van der Waals surface area contributed by atoms with Gasteiger partial charge in [-0.15, -0.1) is 0 Å². The largest absolute Gasteiger partial charge is 0.230 e. The van der Waals surface area contributed by atoms with E-state index in [0.29, 0.717) is 5.92 Å². The normalized spacial score (nSPS) is 18.6. The molecule has 0 heterocycles. The summed E-state index contributed by atoms with van der Waals surface area (Å²) in [5.74, 6) is 0.587. The van der Waals surface area contributed by atoms with Crippen LogP contribution in [0, 0.1) is 12.8 Å². The van der Waals surface area contributed by atoms with E-state index in [1.165, 1.54) is 18.4 Å². The molecule has 0 spiro atoms. The van der Waals surface area contributed by atoms with Crippen molar-refractivity contribution >= 4 is 17.2 Å². The number of aryl methyl sites for hydroxylation is 1. The van der Waals surface area contributed by atoms with Crippen LogP contribution in [-0.4, -0.2) is 10.4 Å². The van der Waals surface area contributed by atoms with Gasteiger partial charge in [-0.2, -0.15) is 4.40 Å². The highest BCUT2D eigenvalue weighted by Crippen LogP contribution is 2.26. The van der Waals surface area contributed by atoms with Gasteiger partial charge in [0, 0.05) is 6.21 Å². The molecule has 1 atom stereocenters. The van der Waals surface area contributed by atoms with Crippen molar-refractivity contribution in [3.05, 3.63) is 29.8 Å². The van der Waals surface area contributed by atoms with Crippen LogP contribution in [0.15, 0.2) is 33.6 Å². The maximum absolute atomic E-state index is 11.6. The van der Waals surface area contributed by atoms with Crippen LogP contribution in [0.25, 0.3) is 0 Å². The summed E-state index contributed by atoms with van der Waals surface area (Å²) in [6.07, 6.45) is 4.24. The van der Waals surface area contributed by atoms with Crippen LogP contribution in [0.5, 0.6) is 0 Å². The molecule has 0 aliphatic heterocycles. The van der Waals surface area contributed by atoms with Crippen molar-refractivity contribution < 1.29 is 4.21 Å². The zero-order valence-corrected chi connectivity index (χ0v) is 8.96. The average molecular weight is 207 g/mol. The van der Waals surface area contributed by atoms with E-state index >= 15 is 0 Å². The van der Waals surface area contributed by atoms with Crippen LogP contribution in [-0.2, 0) is 11.0 Å². The third kappa shape index (κ3) is 2.51. The summed E-state index contributed by atoms with van der Waals surface area (Å²) < 4.78 is 15.6. The van der Waals surface area contributed by atoms with E-state index in [1.54, 1.807) is 0 Å². The highest BCUT2D eigenvalue weighted by molar-refractivity contribution is 7.83. The topological polar surface area (TPSA) is 29.4 Å². The van der Waals surface area contributed by atoms with E-state index in [4.69, 9.17) is 0 Å². The predicted molar refractivity (Wildman–Crippen MR) is 58.8 cm³/mol. The van der Waals surface area contributed by atoms with Crippen molar-refractivity contribution in [2.75, 3.05) is 0 Å². The smallest absolute Gasteiger partial charge is 0.172 e. The maximum Gasteiger partial charge on any atom is 0.172 e. The number of hydrogen-bond acceptors (Lipinski definition) is 1. The van der Waals surface area contributed by atoms with E-state index in [-0.39, 0.29) is 0 Å². The molecule has 1 aromatic carbocycles.